The number of thioether (sulfide) groups is 1. The van der Waals surface area contributed by atoms with Crippen LogP contribution in [0.5, 0.6) is 0 Å². The molecule has 0 spiro atoms. The molecule has 2 N–H and O–H groups in total. The summed E-state index contributed by atoms with van der Waals surface area (Å²) in [5, 5.41) is 5.01. The minimum atomic E-state index is -3.52. The highest BCUT2D eigenvalue weighted by molar-refractivity contribution is 8.15. The van der Waals surface area contributed by atoms with Crippen LogP contribution < -0.4 is 10.1 Å². The van der Waals surface area contributed by atoms with Crippen molar-refractivity contribution in [1.29, 1.82) is 0 Å². The van der Waals surface area contributed by atoms with Gasteiger partial charge in [-0.1, -0.05) is 43.3 Å². The van der Waals surface area contributed by atoms with Gasteiger partial charge in [-0.15, -0.1) is 0 Å². The largest absolute Gasteiger partial charge is 0.281 e. The van der Waals surface area contributed by atoms with E-state index in [1.807, 2.05) is 20.8 Å². The number of nitrogens with zero attached hydrogens (tertiary/aromatic N) is 1. The van der Waals surface area contributed by atoms with Gasteiger partial charge in [-0.25, -0.2) is 8.42 Å². The molecule has 0 saturated heterocycles. The average Bonchev–Trinajstić information content (AvgIpc) is 2.77. The molecule has 0 saturated carbocycles. The highest BCUT2D eigenvalue weighted by Gasteiger charge is 2.26. The van der Waals surface area contributed by atoms with Gasteiger partial charge in [-0.3, -0.25) is 5.43 Å². The zero-order valence-corrected chi connectivity index (χ0v) is 12.7. The van der Waals surface area contributed by atoms with Crippen LogP contribution in [0.3, 0.4) is 0 Å². The van der Waals surface area contributed by atoms with Gasteiger partial charge in [0.25, 0.3) is 0 Å². The molecule has 1 aromatic carbocycles. The number of benzene rings is 1. The van der Waals surface area contributed by atoms with Gasteiger partial charge in [-0.05, 0) is 19.1 Å². The van der Waals surface area contributed by atoms with Crippen molar-refractivity contribution in [3.05, 3.63) is 29.8 Å². The Balaban J connectivity index is 2.05. The van der Waals surface area contributed by atoms with E-state index in [0.717, 1.165) is 10.6 Å². The summed E-state index contributed by atoms with van der Waals surface area (Å²) in [7, 11) is -3.52. The second-order valence-electron chi connectivity index (χ2n) is 4.67. The molecule has 7 heteroatoms. The van der Waals surface area contributed by atoms with E-state index in [0.29, 0.717) is 0 Å². The normalized spacial score (nSPS) is 19.4. The topological polar surface area (TPSA) is 70.6 Å². The van der Waals surface area contributed by atoms with Crippen LogP contribution in [0, 0.1) is 12.8 Å². The van der Waals surface area contributed by atoms with E-state index in [9.17, 15) is 8.42 Å². The predicted octanol–water partition coefficient (Wildman–Crippen LogP) is 1.86. The number of aryl methyl sites for hydroxylation is 1. The van der Waals surface area contributed by atoms with Gasteiger partial charge in [0.1, 0.15) is 0 Å². The van der Waals surface area contributed by atoms with Crippen LogP contribution in [0.2, 0.25) is 0 Å². The van der Waals surface area contributed by atoms with Crippen LogP contribution in [0.25, 0.3) is 0 Å². The molecule has 104 valence electrons. The number of sulfonamides is 1. The van der Waals surface area contributed by atoms with Crippen LogP contribution in [0.15, 0.2) is 34.3 Å². The third-order valence-electron chi connectivity index (χ3n) is 2.62. The fraction of sp³-hybridized carbons (Fsp3) is 0.417. The Morgan fingerprint density at radius 2 is 1.95 bits per heavy atom. The quantitative estimate of drug-likeness (QED) is 0.890. The van der Waals surface area contributed by atoms with Gasteiger partial charge in [0, 0.05) is 5.92 Å². The van der Waals surface area contributed by atoms with Crippen LogP contribution in [0.4, 0.5) is 0 Å². The molecule has 0 bridgehead atoms. The maximum Gasteiger partial charge on any atom is 0.243 e. The molecule has 0 amide bonds. The van der Waals surface area contributed by atoms with Crippen LogP contribution in [-0.2, 0) is 10.0 Å². The summed E-state index contributed by atoms with van der Waals surface area (Å²) in [6.45, 7) is 5.95. The van der Waals surface area contributed by atoms with Crippen molar-refractivity contribution in [1.82, 2.24) is 10.1 Å². The summed E-state index contributed by atoms with van der Waals surface area (Å²) < 4.78 is 26.9. The van der Waals surface area contributed by atoms with Gasteiger partial charge in [0.2, 0.25) is 10.0 Å². The lowest BCUT2D eigenvalue weighted by Gasteiger charge is -2.12. The van der Waals surface area contributed by atoms with Gasteiger partial charge < -0.3 is 0 Å². The summed E-state index contributed by atoms with van der Waals surface area (Å²) in [5.41, 5.74) is 3.37. The van der Waals surface area contributed by atoms with Crippen molar-refractivity contribution in [3.8, 4) is 0 Å². The Bertz CT molecular complexity index is 579. The Kier molecular flexibility index (Phi) is 4.17. The maximum absolute atomic E-state index is 12.2. The van der Waals surface area contributed by atoms with Gasteiger partial charge in [-0.2, -0.15) is 9.82 Å². The fourth-order valence-electron chi connectivity index (χ4n) is 1.54. The Morgan fingerprint density at radius 1 is 1.32 bits per heavy atom. The molecule has 1 atom stereocenters. The van der Waals surface area contributed by atoms with Crippen molar-refractivity contribution in [2.45, 2.75) is 31.2 Å². The van der Waals surface area contributed by atoms with Crippen LogP contribution in [-0.4, -0.2) is 19.0 Å². The number of rotatable bonds is 4. The molecule has 0 radical (unpaired) electrons. The molecule has 2 rings (SSSR count). The Hall–Kier alpha value is -1.05. The molecule has 0 aliphatic carbocycles. The van der Waals surface area contributed by atoms with Gasteiger partial charge in [0.15, 0.2) is 5.50 Å². The van der Waals surface area contributed by atoms with Crippen molar-refractivity contribution in [2.75, 3.05) is 0 Å². The SMILES string of the molecule is Cc1ccc(S(=O)(=O)NC2NN=C(C(C)C)S2)cc1. The fourth-order valence-corrected chi connectivity index (χ4v) is 3.80. The Morgan fingerprint density at radius 3 is 2.47 bits per heavy atom. The van der Waals surface area contributed by atoms with Crippen LogP contribution in [0.1, 0.15) is 19.4 Å². The molecular formula is C12H17N3O2S2. The molecule has 1 heterocycles. The number of nitrogens with one attached hydrogen (secondary N) is 2. The van der Waals surface area contributed by atoms with Crippen molar-refractivity contribution in [2.24, 2.45) is 11.0 Å². The minimum Gasteiger partial charge on any atom is -0.281 e. The predicted molar refractivity (Wildman–Crippen MR) is 78.3 cm³/mol. The zero-order chi connectivity index (χ0) is 14.0. The van der Waals surface area contributed by atoms with Crippen molar-refractivity contribution < 1.29 is 8.42 Å². The summed E-state index contributed by atoms with van der Waals surface area (Å²) in [5.74, 6) is 0.284. The summed E-state index contributed by atoms with van der Waals surface area (Å²) in [4.78, 5) is 0.262. The molecule has 1 unspecified atom stereocenters. The van der Waals surface area contributed by atoms with Crippen molar-refractivity contribution >= 4 is 26.8 Å². The third-order valence-corrected chi connectivity index (χ3v) is 5.47. The summed E-state index contributed by atoms with van der Waals surface area (Å²) in [6, 6.07) is 6.75. The standard InChI is InChI=1S/C12H17N3O2S2/c1-8(2)11-13-14-12(18-11)15-19(16,17)10-6-4-9(3)5-7-10/h4-8,12,14-15H,1-3H3. The first-order chi connectivity index (χ1) is 8.88. The molecule has 0 fully saturated rings. The average molecular weight is 299 g/mol. The van der Waals surface area contributed by atoms with E-state index in [-0.39, 0.29) is 10.8 Å². The molecule has 5 nitrogen and oxygen atoms in total. The smallest absolute Gasteiger partial charge is 0.243 e. The van der Waals surface area contributed by atoms with E-state index in [4.69, 9.17) is 0 Å². The maximum atomic E-state index is 12.2. The minimum absolute atomic E-state index is 0.262. The number of hydrazone groups is 1. The first-order valence-electron chi connectivity index (χ1n) is 5.97. The lowest BCUT2D eigenvalue weighted by atomic mass is 10.2. The van der Waals surface area contributed by atoms with E-state index < -0.39 is 15.5 Å². The monoisotopic (exact) mass is 299 g/mol. The van der Waals surface area contributed by atoms with E-state index in [1.165, 1.54) is 11.8 Å². The third kappa shape index (κ3) is 3.49. The molecule has 1 aromatic rings. The van der Waals surface area contributed by atoms with Gasteiger partial charge in [0.05, 0.1) is 9.94 Å². The van der Waals surface area contributed by atoms with E-state index in [1.54, 1.807) is 24.3 Å². The second-order valence-corrected chi connectivity index (χ2v) is 7.51. The first kappa shape index (κ1) is 14.4. The molecular weight excluding hydrogens is 282 g/mol. The summed E-state index contributed by atoms with van der Waals surface area (Å²) in [6.07, 6.45) is 0. The second kappa shape index (κ2) is 5.52. The number of hydrogen-bond acceptors (Lipinski definition) is 5. The lowest BCUT2D eigenvalue weighted by Crippen LogP contribution is -2.38. The first-order valence-corrected chi connectivity index (χ1v) is 8.33. The van der Waals surface area contributed by atoms with Crippen molar-refractivity contribution in [3.63, 3.8) is 0 Å². The summed E-state index contributed by atoms with van der Waals surface area (Å²) >= 11 is 1.39. The molecule has 0 aromatic heterocycles. The van der Waals surface area contributed by atoms with E-state index >= 15 is 0 Å². The highest BCUT2D eigenvalue weighted by Crippen LogP contribution is 2.22. The van der Waals surface area contributed by atoms with E-state index in [2.05, 4.69) is 15.2 Å². The molecule has 1 aliphatic rings. The lowest BCUT2D eigenvalue weighted by molar-refractivity contribution is 0.566. The Labute approximate surface area is 117 Å². The van der Waals surface area contributed by atoms with Crippen LogP contribution >= 0.6 is 11.8 Å². The molecule has 19 heavy (non-hydrogen) atoms. The molecule has 1 aliphatic heterocycles. The highest BCUT2D eigenvalue weighted by atomic mass is 32.2. The van der Waals surface area contributed by atoms with Gasteiger partial charge >= 0.3 is 0 Å². The zero-order valence-electron chi connectivity index (χ0n) is 11.0. The number of hydrogen-bond donors (Lipinski definition) is 2.